The number of aromatic nitrogens is 2. The number of anilines is 1. The second-order valence-corrected chi connectivity index (χ2v) is 6.04. The van der Waals surface area contributed by atoms with Gasteiger partial charge in [0.1, 0.15) is 11.0 Å². The molecule has 0 aliphatic rings. The van der Waals surface area contributed by atoms with Gasteiger partial charge in [-0.3, -0.25) is 20.2 Å². The highest BCUT2D eigenvalue weighted by Crippen LogP contribution is 2.25. The number of thiocarbonyl (C=S) groups is 1. The van der Waals surface area contributed by atoms with Gasteiger partial charge in [0.15, 0.2) is 5.11 Å². The molecule has 0 radical (unpaired) electrons. The van der Waals surface area contributed by atoms with Crippen LogP contribution in [0.3, 0.4) is 0 Å². The summed E-state index contributed by atoms with van der Waals surface area (Å²) in [7, 11) is 0. The van der Waals surface area contributed by atoms with Crippen molar-refractivity contribution in [3.05, 3.63) is 57.6 Å². The molecule has 8 nitrogen and oxygen atoms in total. The number of benzene rings is 2. The standard InChI is InChI=1S/C15H11N5O3S2/c1-8-5-6-11-13(19-25-18-11)12(8)16-15(24)17-14(21)9-3-2-4-10(7-9)20(22)23/h2-7H,1H3,(H2,16,17,21,24). The van der Waals surface area contributed by atoms with Gasteiger partial charge in [0.25, 0.3) is 11.6 Å². The Morgan fingerprint density at radius 1 is 1.28 bits per heavy atom. The second kappa shape index (κ2) is 6.87. The van der Waals surface area contributed by atoms with Crippen LogP contribution in [0.2, 0.25) is 0 Å². The summed E-state index contributed by atoms with van der Waals surface area (Å²) in [6, 6.07) is 9.14. The van der Waals surface area contributed by atoms with Gasteiger partial charge in [-0.25, -0.2) is 0 Å². The van der Waals surface area contributed by atoms with Crippen molar-refractivity contribution in [2.75, 3.05) is 5.32 Å². The summed E-state index contributed by atoms with van der Waals surface area (Å²) in [5.74, 6) is -0.539. The minimum absolute atomic E-state index is 0.0695. The number of hydrogen-bond donors (Lipinski definition) is 2. The van der Waals surface area contributed by atoms with Crippen LogP contribution in [0.1, 0.15) is 15.9 Å². The van der Waals surface area contributed by atoms with Gasteiger partial charge in [0.05, 0.1) is 22.3 Å². The lowest BCUT2D eigenvalue weighted by Gasteiger charge is -2.12. The smallest absolute Gasteiger partial charge is 0.270 e. The first-order valence-electron chi connectivity index (χ1n) is 7.04. The molecule has 0 aliphatic heterocycles. The Morgan fingerprint density at radius 3 is 2.84 bits per heavy atom. The zero-order chi connectivity index (χ0) is 18.0. The lowest BCUT2D eigenvalue weighted by atomic mass is 10.1. The molecule has 0 saturated carbocycles. The Balaban J connectivity index is 1.77. The first-order chi connectivity index (χ1) is 12.0. The fourth-order valence-corrected chi connectivity index (χ4v) is 2.93. The molecular weight excluding hydrogens is 362 g/mol. The molecule has 0 unspecified atom stereocenters. The molecule has 0 saturated heterocycles. The number of nitrogens with zero attached hydrogens (tertiary/aromatic N) is 3. The fourth-order valence-electron chi connectivity index (χ4n) is 2.19. The number of non-ortho nitro benzene ring substituents is 1. The quantitative estimate of drug-likeness (QED) is 0.412. The van der Waals surface area contributed by atoms with E-state index in [-0.39, 0.29) is 16.4 Å². The molecule has 126 valence electrons. The number of amides is 1. The van der Waals surface area contributed by atoms with Crippen molar-refractivity contribution in [3.63, 3.8) is 0 Å². The van der Waals surface area contributed by atoms with Gasteiger partial charge in [0.2, 0.25) is 0 Å². The monoisotopic (exact) mass is 373 g/mol. The number of carbonyl (C=O) groups is 1. The first kappa shape index (κ1) is 16.9. The van der Waals surface area contributed by atoms with Crippen LogP contribution in [-0.2, 0) is 0 Å². The largest absolute Gasteiger partial charge is 0.330 e. The number of nitro groups is 1. The number of hydrogen-bond acceptors (Lipinski definition) is 7. The lowest BCUT2D eigenvalue weighted by molar-refractivity contribution is -0.384. The van der Waals surface area contributed by atoms with Gasteiger partial charge >= 0.3 is 0 Å². The van der Waals surface area contributed by atoms with Gasteiger partial charge in [-0.15, -0.1) is 0 Å². The molecule has 1 heterocycles. The maximum absolute atomic E-state index is 12.2. The Hall–Kier alpha value is -2.98. The van der Waals surface area contributed by atoms with E-state index in [1.807, 2.05) is 19.1 Å². The summed E-state index contributed by atoms with van der Waals surface area (Å²) in [6.07, 6.45) is 0. The number of carbonyl (C=O) groups excluding carboxylic acids is 1. The van der Waals surface area contributed by atoms with Crippen molar-refractivity contribution in [1.82, 2.24) is 14.1 Å². The Labute approximate surface area is 151 Å². The van der Waals surface area contributed by atoms with Gasteiger partial charge in [0, 0.05) is 17.7 Å². The van der Waals surface area contributed by atoms with E-state index in [9.17, 15) is 14.9 Å². The predicted molar refractivity (Wildman–Crippen MR) is 98.9 cm³/mol. The second-order valence-electron chi connectivity index (χ2n) is 5.11. The average Bonchev–Trinajstić information content (AvgIpc) is 3.06. The summed E-state index contributed by atoms with van der Waals surface area (Å²) < 4.78 is 8.38. The molecule has 1 amide bonds. The summed E-state index contributed by atoms with van der Waals surface area (Å²) in [5, 5.41) is 16.3. The number of fused-ring (bicyclic) bond motifs is 1. The molecule has 0 fully saturated rings. The summed E-state index contributed by atoms with van der Waals surface area (Å²) in [4.78, 5) is 22.5. The van der Waals surface area contributed by atoms with E-state index in [0.717, 1.165) is 22.8 Å². The summed E-state index contributed by atoms with van der Waals surface area (Å²) in [6.45, 7) is 1.88. The summed E-state index contributed by atoms with van der Waals surface area (Å²) >= 11 is 6.25. The highest BCUT2D eigenvalue weighted by atomic mass is 32.1. The zero-order valence-corrected chi connectivity index (χ0v) is 14.5. The average molecular weight is 373 g/mol. The molecule has 0 atom stereocenters. The zero-order valence-electron chi connectivity index (χ0n) is 12.8. The van der Waals surface area contributed by atoms with Crippen molar-refractivity contribution >= 4 is 57.4 Å². The fraction of sp³-hybridized carbons (Fsp3) is 0.0667. The highest BCUT2D eigenvalue weighted by molar-refractivity contribution is 7.80. The van der Waals surface area contributed by atoms with E-state index in [1.165, 1.54) is 24.3 Å². The first-order valence-corrected chi connectivity index (χ1v) is 8.18. The highest BCUT2D eigenvalue weighted by Gasteiger charge is 2.14. The van der Waals surface area contributed by atoms with Gasteiger partial charge in [-0.2, -0.15) is 8.75 Å². The maximum Gasteiger partial charge on any atom is 0.270 e. The Bertz CT molecular complexity index is 1000. The molecule has 3 aromatic rings. The van der Waals surface area contributed by atoms with Crippen LogP contribution in [0.5, 0.6) is 0 Å². The number of nitrogens with one attached hydrogen (secondary N) is 2. The molecule has 2 aromatic carbocycles. The lowest BCUT2D eigenvalue weighted by Crippen LogP contribution is -2.34. The molecule has 10 heteroatoms. The molecule has 3 rings (SSSR count). The van der Waals surface area contributed by atoms with Crippen molar-refractivity contribution in [2.45, 2.75) is 6.92 Å². The van der Waals surface area contributed by atoms with Crippen LogP contribution >= 0.6 is 23.9 Å². The molecule has 25 heavy (non-hydrogen) atoms. The van der Waals surface area contributed by atoms with Crippen molar-refractivity contribution in [3.8, 4) is 0 Å². The van der Waals surface area contributed by atoms with Crippen LogP contribution in [0.4, 0.5) is 11.4 Å². The van der Waals surface area contributed by atoms with Gasteiger partial charge < -0.3 is 5.32 Å². The van der Waals surface area contributed by atoms with Crippen molar-refractivity contribution < 1.29 is 9.72 Å². The van der Waals surface area contributed by atoms with Crippen LogP contribution in [0, 0.1) is 17.0 Å². The normalized spacial score (nSPS) is 10.4. The molecule has 0 spiro atoms. The van der Waals surface area contributed by atoms with Crippen LogP contribution in [0.25, 0.3) is 11.0 Å². The SMILES string of the molecule is Cc1ccc2nsnc2c1NC(=S)NC(=O)c1cccc([N+](=O)[O-])c1. The Morgan fingerprint density at radius 2 is 2.08 bits per heavy atom. The van der Waals surface area contributed by atoms with Gasteiger partial charge in [-0.1, -0.05) is 12.1 Å². The van der Waals surface area contributed by atoms with E-state index >= 15 is 0 Å². The molecular formula is C15H11N5O3S2. The molecule has 0 bridgehead atoms. The number of nitro benzene ring substituents is 1. The Kier molecular flexibility index (Phi) is 4.63. The van der Waals surface area contributed by atoms with Crippen molar-refractivity contribution in [2.24, 2.45) is 0 Å². The molecule has 2 N–H and O–H groups in total. The molecule has 1 aromatic heterocycles. The van der Waals surface area contributed by atoms with E-state index in [1.54, 1.807) is 0 Å². The van der Waals surface area contributed by atoms with Gasteiger partial charge in [-0.05, 0) is 36.8 Å². The van der Waals surface area contributed by atoms with Crippen LogP contribution in [-0.4, -0.2) is 24.7 Å². The third kappa shape index (κ3) is 3.59. The number of rotatable bonds is 3. The van der Waals surface area contributed by atoms with E-state index in [2.05, 4.69) is 19.4 Å². The molecule has 0 aliphatic carbocycles. The topological polar surface area (TPSA) is 110 Å². The van der Waals surface area contributed by atoms with E-state index < -0.39 is 10.8 Å². The summed E-state index contributed by atoms with van der Waals surface area (Å²) in [5.41, 5.74) is 2.93. The maximum atomic E-state index is 12.2. The van der Waals surface area contributed by atoms with Crippen LogP contribution in [0.15, 0.2) is 36.4 Å². The van der Waals surface area contributed by atoms with E-state index in [4.69, 9.17) is 12.2 Å². The van der Waals surface area contributed by atoms with E-state index in [0.29, 0.717) is 11.2 Å². The minimum Gasteiger partial charge on any atom is -0.330 e. The minimum atomic E-state index is -0.563. The predicted octanol–water partition coefficient (Wildman–Crippen LogP) is 3.03. The van der Waals surface area contributed by atoms with Crippen molar-refractivity contribution in [1.29, 1.82) is 0 Å². The third-order valence-electron chi connectivity index (χ3n) is 3.42. The van der Waals surface area contributed by atoms with Crippen LogP contribution < -0.4 is 10.6 Å². The third-order valence-corrected chi connectivity index (χ3v) is 4.17. The number of aryl methyl sites for hydroxylation is 1.